The highest BCUT2D eigenvalue weighted by Crippen LogP contribution is 2.54. The lowest BCUT2D eigenvalue weighted by Gasteiger charge is -2.28. The van der Waals surface area contributed by atoms with Crippen LogP contribution in [0.5, 0.6) is 0 Å². The molecule has 0 N–H and O–H groups in total. The molecule has 0 saturated heterocycles. The molecule has 53 heavy (non-hydrogen) atoms. The first kappa shape index (κ1) is 31.4. The predicted molar refractivity (Wildman–Crippen MR) is 224 cm³/mol. The Bertz CT molecular complexity index is 2690. The highest BCUT2D eigenvalue weighted by atomic mass is 15.1. The number of anilines is 3. The molecular weight excluding hydrogens is 641 g/mol. The molecule has 8 aromatic rings. The van der Waals surface area contributed by atoms with E-state index in [1.807, 2.05) is 0 Å². The molecule has 0 spiro atoms. The monoisotopic (exact) mass is 680 g/mol. The van der Waals surface area contributed by atoms with Crippen LogP contribution in [0, 0.1) is 0 Å². The van der Waals surface area contributed by atoms with Gasteiger partial charge < -0.3 is 9.47 Å². The summed E-state index contributed by atoms with van der Waals surface area (Å²) in [6.45, 7) is 4.78. The summed E-state index contributed by atoms with van der Waals surface area (Å²) in [7, 11) is 0. The molecule has 2 aliphatic carbocycles. The first-order valence-corrected chi connectivity index (χ1v) is 18.7. The second-order valence-corrected chi connectivity index (χ2v) is 15.0. The molecule has 0 fully saturated rings. The normalized spacial score (nSPS) is 15.7. The van der Waals surface area contributed by atoms with Crippen molar-refractivity contribution >= 4 is 38.9 Å². The second-order valence-electron chi connectivity index (χ2n) is 15.0. The third kappa shape index (κ3) is 5.17. The fraction of sp³-hybridized carbons (Fsp3) is 0.0980. The van der Waals surface area contributed by atoms with Crippen LogP contribution in [0.3, 0.4) is 0 Å². The fourth-order valence-electron chi connectivity index (χ4n) is 8.94. The number of hydrogen-bond donors (Lipinski definition) is 0. The van der Waals surface area contributed by atoms with E-state index >= 15 is 0 Å². The van der Waals surface area contributed by atoms with E-state index < -0.39 is 0 Å². The van der Waals surface area contributed by atoms with E-state index in [2.05, 4.69) is 211 Å². The van der Waals surface area contributed by atoms with E-state index in [1.165, 1.54) is 72.1 Å². The van der Waals surface area contributed by atoms with Gasteiger partial charge in [0.25, 0.3) is 0 Å². The third-order valence-electron chi connectivity index (χ3n) is 11.6. The highest BCUT2D eigenvalue weighted by Gasteiger charge is 2.41. The fourth-order valence-corrected chi connectivity index (χ4v) is 8.94. The van der Waals surface area contributed by atoms with E-state index in [0.717, 1.165) is 17.8 Å². The summed E-state index contributed by atoms with van der Waals surface area (Å²) in [4.78, 5) is 2.42. The molecule has 2 heteroatoms. The minimum atomic E-state index is -0.0181. The van der Waals surface area contributed by atoms with Gasteiger partial charge in [-0.1, -0.05) is 141 Å². The van der Waals surface area contributed by atoms with Crippen molar-refractivity contribution in [3.63, 3.8) is 0 Å². The molecule has 1 heterocycles. The Balaban J connectivity index is 1.06. The molecule has 0 amide bonds. The molecule has 1 atom stereocenters. The number of allylic oxidation sites excluding steroid dienone is 4. The first-order valence-electron chi connectivity index (χ1n) is 18.7. The summed E-state index contributed by atoms with van der Waals surface area (Å²) < 4.78 is 2.37. The summed E-state index contributed by atoms with van der Waals surface area (Å²) in [5.41, 5.74) is 16.3. The molecule has 1 aromatic heterocycles. The zero-order valence-electron chi connectivity index (χ0n) is 30.1. The maximum Gasteiger partial charge on any atom is 0.0541 e. The molecule has 254 valence electrons. The molecule has 0 bridgehead atoms. The summed E-state index contributed by atoms with van der Waals surface area (Å²) >= 11 is 0. The number of benzene rings is 7. The summed E-state index contributed by atoms with van der Waals surface area (Å²) in [5, 5.41) is 2.53. The van der Waals surface area contributed by atoms with E-state index in [-0.39, 0.29) is 5.41 Å². The maximum absolute atomic E-state index is 2.45. The lowest BCUT2D eigenvalue weighted by atomic mass is 9.79. The lowest BCUT2D eigenvalue weighted by Crippen LogP contribution is -2.18. The first-order chi connectivity index (χ1) is 26.0. The van der Waals surface area contributed by atoms with Gasteiger partial charge in [-0.3, -0.25) is 0 Å². The number of aromatic nitrogens is 1. The molecule has 10 rings (SSSR count). The largest absolute Gasteiger partial charge is 0.310 e. The molecule has 0 aliphatic heterocycles. The van der Waals surface area contributed by atoms with E-state index in [0.29, 0.717) is 5.92 Å². The Hall–Kier alpha value is -6.38. The van der Waals surface area contributed by atoms with Gasteiger partial charge in [0.2, 0.25) is 0 Å². The minimum Gasteiger partial charge on any atom is -0.310 e. The van der Waals surface area contributed by atoms with Crippen LogP contribution >= 0.6 is 0 Å². The Morgan fingerprint density at radius 3 is 1.85 bits per heavy atom. The quantitative estimate of drug-likeness (QED) is 0.170. The second kappa shape index (κ2) is 12.4. The van der Waals surface area contributed by atoms with Crippen LogP contribution in [0.15, 0.2) is 194 Å². The summed E-state index contributed by atoms with van der Waals surface area (Å²) in [5.74, 6) is 0.469. The van der Waals surface area contributed by atoms with Gasteiger partial charge in [0, 0.05) is 44.9 Å². The van der Waals surface area contributed by atoms with Crippen LogP contribution in [0.2, 0.25) is 0 Å². The summed E-state index contributed by atoms with van der Waals surface area (Å²) in [6.07, 6.45) is 7.98. The van der Waals surface area contributed by atoms with Gasteiger partial charge in [-0.15, -0.1) is 0 Å². The van der Waals surface area contributed by atoms with Gasteiger partial charge in [0.05, 0.1) is 11.0 Å². The topological polar surface area (TPSA) is 8.17 Å². The van der Waals surface area contributed by atoms with Crippen molar-refractivity contribution in [2.45, 2.75) is 31.6 Å². The van der Waals surface area contributed by atoms with Crippen molar-refractivity contribution < 1.29 is 0 Å². The zero-order valence-corrected chi connectivity index (χ0v) is 30.1. The van der Waals surface area contributed by atoms with E-state index in [9.17, 15) is 0 Å². The molecule has 0 radical (unpaired) electrons. The molecule has 0 saturated carbocycles. The minimum absolute atomic E-state index is 0.0181. The average Bonchev–Trinajstić information content (AvgIpc) is 3.67. The Morgan fingerprint density at radius 2 is 1.11 bits per heavy atom. The van der Waals surface area contributed by atoms with Crippen LogP contribution in [-0.2, 0) is 5.41 Å². The van der Waals surface area contributed by atoms with Crippen molar-refractivity contribution in [2.24, 2.45) is 0 Å². The maximum atomic E-state index is 2.45. The molecule has 2 nitrogen and oxygen atoms in total. The average molecular weight is 681 g/mol. The number of para-hydroxylation sites is 2. The van der Waals surface area contributed by atoms with Crippen molar-refractivity contribution in [1.29, 1.82) is 0 Å². The van der Waals surface area contributed by atoms with Crippen LogP contribution in [0.25, 0.3) is 49.7 Å². The predicted octanol–water partition coefficient (Wildman–Crippen LogP) is 13.8. The van der Waals surface area contributed by atoms with Gasteiger partial charge in [-0.2, -0.15) is 0 Å². The van der Waals surface area contributed by atoms with Gasteiger partial charge in [0.1, 0.15) is 0 Å². The number of fused-ring (bicyclic) bond motifs is 6. The van der Waals surface area contributed by atoms with Crippen LogP contribution in [0.4, 0.5) is 17.1 Å². The van der Waals surface area contributed by atoms with Gasteiger partial charge in [0.15, 0.2) is 0 Å². The Labute approximate surface area is 311 Å². The van der Waals surface area contributed by atoms with E-state index in [4.69, 9.17) is 0 Å². The molecule has 1 unspecified atom stereocenters. The molecular formula is C51H40N2. The van der Waals surface area contributed by atoms with E-state index in [1.54, 1.807) is 0 Å². The number of rotatable bonds is 6. The standard InChI is InChI=1S/C51H40N2/c1-51(2)47-19-11-9-17-43(47)44-31-30-42(34-48(44)51)52(40-26-21-36(22-27-40)35-13-5-3-6-14-35)41-28-23-37(24-29-41)38-25-32-50-46(33-38)45-18-10-12-20-49(45)53(50)39-15-7-4-8-16-39/h3-16,18-34,43H,17H2,1-2H3. The molecule has 7 aromatic carbocycles. The Morgan fingerprint density at radius 1 is 0.528 bits per heavy atom. The van der Waals surface area contributed by atoms with Crippen LogP contribution in [-0.4, -0.2) is 4.57 Å². The Kier molecular flexibility index (Phi) is 7.33. The lowest BCUT2D eigenvalue weighted by molar-refractivity contribution is 0.612. The van der Waals surface area contributed by atoms with Crippen molar-refractivity contribution in [1.82, 2.24) is 4.57 Å². The van der Waals surface area contributed by atoms with Crippen molar-refractivity contribution in [2.75, 3.05) is 4.90 Å². The van der Waals surface area contributed by atoms with Gasteiger partial charge in [-0.25, -0.2) is 0 Å². The smallest absolute Gasteiger partial charge is 0.0541 e. The van der Waals surface area contributed by atoms with Crippen LogP contribution < -0.4 is 4.90 Å². The summed E-state index contributed by atoms with van der Waals surface area (Å²) in [6, 6.07) is 62.2. The third-order valence-corrected chi connectivity index (χ3v) is 11.6. The zero-order chi connectivity index (χ0) is 35.5. The number of hydrogen-bond acceptors (Lipinski definition) is 1. The van der Waals surface area contributed by atoms with Crippen molar-refractivity contribution in [3.05, 3.63) is 205 Å². The van der Waals surface area contributed by atoms with Crippen molar-refractivity contribution in [3.8, 4) is 27.9 Å². The molecule has 2 aliphatic rings. The SMILES string of the molecule is CC1(C)C2=CC=CCC2c2ccc(N(c3ccc(-c4ccccc4)cc3)c3ccc(-c4ccc5c(c4)c4ccccc4n5-c4ccccc4)cc3)cc21. The van der Waals surface area contributed by atoms with Gasteiger partial charge in [-0.05, 0) is 107 Å². The highest BCUT2D eigenvalue weighted by molar-refractivity contribution is 6.10. The van der Waals surface area contributed by atoms with Gasteiger partial charge >= 0.3 is 0 Å². The number of nitrogens with zero attached hydrogens (tertiary/aromatic N) is 2. The van der Waals surface area contributed by atoms with Crippen LogP contribution in [0.1, 0.15) is 37.3 Å².